The van der Waals surface area contributed by atoms with Crippen LogP contribution in [-0.4, -0.2) is 42.8 Å². The molecule has 2 aliphatic heterocycles. The SMILES string of the molecule is CN=C/C(=N\N)[C@@H]1C[C@]2(C[C@H](C)N1)OCCc1ccc(Cl)c(O)c12. The Labute approximate surface area is 146 Å². The van der Waals surface area contributed by atoms with Gasteiger partial charge in [-0.2, -0.15) is 5.10 Å². The Kier molecular flexibility index (Phi) is 4.80. The summed E-state index contributed by atoms with van der Waals surface area (Å²) in [5.74, 6) is 5.67. The Morgan fingerprint density at radius 1 is 1.50 bits per heavy atom. The molecule has 0 aromatic heterocycles. The summed E-state index contributed by atoms with van der Waals surface area (Å²) in [5, 5.41) is 18.3. The number of benzene rings is 1. The summed E-state index contributed by atoms with van der Waals surface area (Å²) in [6.07, 6.45) is 3.78. The molecular formula is C17H23ClN4O2. The van der Waals surface area contributed by atoms with E-state index in [1.807, 2.05) is 6.07 Å². The average molecular weight is 351 g/mol. The van der Waals surface area contributed by atoms with Crippen LogP contribution in [0.3, 0.4) is 0 Å². The molecule has 7 heteroatoms. The van der Waals surface area contributed by atoms with Crippen LogP contribution in [0.5, 0.6) is 5.75 Å². The van der Waals surface area contributed by atoms with E-state index in [0.717, 1.165) is 24.0 Å². The quantitative estimate of drug-likeness (QED) is 0.432. The number of phenols is 1. The predicted octanol–water partition coefficient (Wildman–Crippen LogP) is 1.97. The highest BCUT2D eigenvalue weighted by atomic mass is 35.5. The van der Waals surface area contributed by atoms with Crippen LogP contribution in [0.2, 0.25) is 5.02 Å². The molecule has 0 amide bonds. The molecule has 0 bridgehead atoms. The lowest BCUT2D eigenvalue weighted by Gasteiger charge is -2.47. The standard InChI is InChI=1S/C17H23ClN4O2/c1-10-7-17(8-13(21-10)14(22-19)9-20-2)15-11(5-6-24-17)3-4-12(18)16(15)23/h3-4,9-10,13,21,23H,5-8,19H2,1-2H3/b20-9?,22-14+/t10-,13-,17-/m0/s1. The van der Waals surface area contributed by atoms with Crippen molar-refractivity contribution in [3.05, 3.63) is 28.3 Å². The molecule has 1 saturated heterocycles. The van der Waals surface area contributed by atoms with E-state index in [2.05, 4.69) is 22.3 Å². The van der Waals surface area contributed by atoms with Gasteiger partial charge in [-0.15, -0.1) is 0 Å². The molecule has 3 atom stereocenters. The molecule has 3 rings (SSSR count). The first-order chi connectivity index (χ1) is 11.5. The minimum absolute atomic E-state index is 0.105. The van der Waals surface area contributed by atoms with Gasteiger partial charge in [0.15, 0.2) is 0 Å². The molecule has 6 nitrogen and oxygen atoms in total. The van der Waals surface area contributed by atoms with Gasteiger partial charge in [-0.3, -0.25) is 4.99 Å². The number of halogens is 1. The van der Waals surface area contributed by atoms with Gasteiger partial charge < -0.3 is 21.0 Å². The Bertz CT molecular complexity index is 691. The largest absolute Gasteiger partial charge is 0.506 e. The molecule has 2 aliphatic rings. The molecule has 130 valence electrons. The molecule has 0 radical (unpaired) electrons. The van der Waals surface area contributed by atoms with Gasteiger partial charge in [0.05, 0.1) is 23.4 Å². The summed E-state index contributed by atoms with van der Waals surface area (Å²) in [6, 6.07) is 3.78. The van der Waals surface area contributed by atoms with Crippen LogP contribution >= 0.6 is 11.6 Å². The maximum Gasteiger partial charge on any atom is 0.140 e. The van der Waals surface area contributed by atoms with Crippen LogP contribution in [0.15, 0.2) is 22.2 Å². The molecule has 1 fully saturated rings. The fourth-order valence-corrected chi connectivity index (χ4v) is 4.14. The zero-order valence-corrected chi connectivity index (χ0v) is 14.7. The predicted molar refractivity (Wildman–Crippen MR) is 96.1 cm³/mol. The van der Waals surface area contributed by atoms with Crippen molar-refractivity contribution in [3.8, 4) is 5.75 Å². The van der Waals surface area contributed by atoms with E-state index in [4.69, 9.17) is 22.2 Å². The first-order valence-electron chi connectivity index (χ1n) is 8.11. The Morgan fingerprint density at radius 2 is 2.29 bits per heavy atom. The van der Waals surface area contributed by atoms with E-state index in [0.29, 0.717) is 23.8 Å². The number of ether oxygens (including phenoxy) is 1. The number of piperidine rings is 1. The zero-order chi connectivity index (χ0) is 17.3. The van der Waals surface area contributed by atoms with Gasteiger partial charge in [0.2, 0.25) is 0 Å². The highest BCUT2D eigenvalue weighted by molar-refractivity contribution is 6.33. The maximum absolute atomic E-state index is 10.6. The number of phenolic OH excluding ortho intramolecular Hbond substituents is 1. The van der Waals surface area contributed by atoms with Crippen LogP contribution < -0.4 is 11.2 Å². The smallest absolute Gasteiger partial charge is 0.140 e. The fraction of sp³-hybridized carbons (Fsp3) is 0.529. The van der Waals surface area contributed by atoms with Gasteiger partial charge in [-0.1, -0.05) is 17.7 Å². The zero-order valence-electron chi connectivity index (χ0n) is 13.9. The minimum Gasteiger partial charge on any atom is -0.506 e. The number of nitrogens with two attached hydrogens (primary N) is 1. The summed E-state index contributed by atoms with van der Waals surface area (Å²) >= 11 is 6.17. The molecule has 1 aromatic rings. The van der Waals surface area contributed by atoms with Crippen molar-refractivity contribution in [1.29, 1.82) is 0 Å². The number of nitrogens with one attached hydrogen (secondary N) is 1. The number of rotatable bonds is 2. The lowest BCUT2D eigenvalue weighted by atomic mass is 9.74. The highest BCUT2D eigenvalue weighted by Crippen LogP contribution is 2.48. The molecular weight excluding hydrogens is 328 g/mol. The summed E-state index contributed by atoms with van der Waals surface area (Å²) in [5.41, 5.74) is 1.96. The van der Waals surface area contributed by atoms with Gasteiger partial charge in [0, 0.05) is 31.3 Å². The summed E-state index contributed by atoms with van der Waals surface area (Å²) in [4.78, 5) is 4.03. The number of hydrazone groups is 1. The van der Waals surface area contributed by atoms with Crippen molar-refractivity contribution < 1.29 is 9.84 Å². The van der Waals surface area contributed by atoms with Crippen LogP contribution in [0.25, 0.3) is 0 Å². The lowest BCUT2D eigenvalue weighted by molar-refractivity contribution is -0.0935. The fourth-order valence-electron chi connectivity index (χ4n) is 3.98. The Hall–Kier alpha value is -1.63. The summed E-state index contributed by atoms with van der Waals surface area (Å²) < 4.78 is 6.24. The van der Waals surface area contributed by atoms with Crippen molar-refractivity contribution in [2.45, 2.75) is 43.9 Å². The lowest BCUT2D eigenvalue weighted by Crippen LogP contribution is -2.56. The van der Waals surface area contributed by atoms with Gasteiger partial charge in [-0.25, -0.2) is 0 Å². The van der Waals surface area contributed by atoms with E-state index in [9.17, 15) is 5.11 Å². The summed E-state index contributed by atoms with van der Waals surface area (Å²) in [6.45, 7) is 2.70. The molecule has 4 N–H and O–H groups in total. The molecule has 0 aliphatic carbocycles. The van der Waals surface area contributed by atoms with Gasteiger partial charge in [0.25, 0.3) is 0 Å². The third-order valence-corrected chi connectivity index (χ3v) is 5.15. The highest BCUT2D eigenvalue weighted by Gasteiger charge is 2.47. The molecule has 24 heavy (non-hydrogen) atoms. The van der Waals surface area contributed by atoms with Crippen molar-refractivity contribution >= 4 is 23.5 Å². The maximum atomic E-state index is 10.6. The number of aromatic hydroxyl groups is 1. The number of hydrogen-bond donors (Lipinski definition) is 3. The third-order valence-electron chi connectivity index (χ3n) is 4.84. The van der Waals surface area contributed by atoms with E-state index < -0.39 is 5.60 Å². The molecule has 0 saturated carbocycles. The van der Waals surface area contributed by atoms with Gasteiger partial charge in [-0.05, 0) is 31.4 Å². The Morgan fingerprint density at radius 3 is 3.00 bits per heavy atom. The Balaban J connectivity index is 2.07. The van der Waals surface area contributed by atoms with E-state index in [1.54, 1.807) is 19.3 Å². The van der Waals surface area contributed by atoms with Crippen LogP contribution in [0, 0.1) is 0 Å². The number of nitrogens with zero attached hydrogens (tertiary/aromatic N) is 2. The average Bonchev–Trinajstić information content (AvgIpc) is 2.55. The van der Waals surface area contributed by atoms with Crippen molar-refractivity contribution in [2.75, 3.05) is 13.7 Å². The van der Waals surface area contributed by atoms with Crippen molar-refractivity contribution in [1.82, 2.24) is 5.32 Å². The third kappa shape index (κ3) is 2.90. The second kappa shape index (κ2) is 6.70. The van der Waals surface area contributed by atoms with E-state index in [-0.39, 0.29) is 17.8 Å². The van der Waals surface area contributed by atoms with Crippen LogP contribution in [0.4, 0.5) is 0 Å². The minimum atomic E-state index is -0.602. The summed E-state index contributed by atoms with van der Waals surface area (Å²) in [7, 11) is 1.69. The second-order valence-electron chi connectivity index (χ2n) is 6.49. The van der Waals surface area contributed by atoms with Crippen LogP contribution in [0.1, 0.15) is 30.9 Å². The van der Waals surface area contributed by atoms with Crippen molar-refractivity contribution in [2.24, 2.45) is 15.9 Å². The molecule has 1 spiro atoms. The van der Waals surface area contributed by atoms with Gasteiger partial charge >= 0.3 is 0 Å². The first kappa shape index (κ1) is 17.2. The van der Waals surface area contributed by atoms with E-state index >= 15 is 0 Å². The topological polar surface area (TPSA) is 92.2 Å². The van der Waals surface area contributed by atoms with Gasteiger partial charge in [0.1, 0.15) is 11.4 Å². The van der Waals surface area contributed by atoms with E-state index in [1.165, 1.54) is 0 Å². The molecule has 1 aromatic carbocycles. The second-order valence-corrected chi connectivity index (χ2v) is 6.90. The van der Waals surface area contributed by atoms with Crippen LogP contribution in [-0.2, 0) is 16.8 Å². The number of fused-ring (bicyclic) bond motifs is 2. The molecule has 2 heterocycles. The number of hydrogen-bond acceptors (Lipinski definition) is 6. The van der Waals surface area contributed by atoms with Crippen molar-refractivity contribution in [3.63, 3.8) is 0 Å². The molecule has 0 unspecified atom stereocenters. The first-order valence-corrected chi connectivity index (χ1v) is 8.49. The monoisotopic (exact) mass is 350 g/mol. The number of aliphatic imine (C=N–C) groups is 1. The normalized spacial score (nSPS) is 30.7.